The maximum atomic E-state index is 10.4. The molecule has 0 spiro atoms. The van der Waals surface area contributed by atoms with Crippen molar-refractivity contribution in [2.75, 3.05) is 0 Å². The zero-order chi connectivity index (χ0) is 16.9. The first kappa shape index (κ1) is 16.0. The van der Waals surface area contributed by atoms with E-state index in [1.165, 1.54) is 0 Å². The van der Waals surface area contributed by atoms with Crippen LogP contribution in [-0.2, 0) is 25.6 Å². The number of rotatable bonds is 3. The van der Waals surface area contributed by atoms with Crippen molar-refractivity contribution in [1.29, 1.82) is 0 Å². The topological polar surface area (TPSA) is 57.2 Å². The molecule has 0 aromatic heterocycles. The molecule has 1 N–H and O–H groups in total. The minimum absolute atomic E-state index is 0.368. The van der Waals surface area contributed by atoms with Crippen LogP contribution in [0.3, 0.4) is 0 Å². The second kappa shape index (κ2) is 5.51. The van der Waals surface area contributed by atoms with Crippen molar-refractivity contribution < 1.29 is 24.1 Å². The highest BCUT2D eigenvalue weighted by Crippen LogP contribution is 2.51. The monoisotopic (exact) mass is 330 g/mol. The highest BCUT2D eigenvalue weighted by atomic mass is 16.8. The van der Waals surface area contributed by atoms with Gasteiger partial charge in [-0.15, -0.1) is 0 Å². The molecule has 0 radical (unpaired) electrons. The molecule has 1 aromatic rings. The van der Waals surface area contributed by atoms with Gasteiger partial charge >= 0.3 is 0 Å². The average molecular weight is 330 g/mol. The third kappa shape index (κ3) is 2.36. The molecule has 1 aliphatic carbocycles. The fraction of sp³-hybridized carbons (Fsp3) is 0.474. The molecular weight excluding hydrogens is 308 g/mol. The van der Waals surface area contributed by atoms with Gasteiger partial charge in [0.2, 0.25) is 0 Å². The van der Waals surface area contributed by atoms with Gasteiger partial charge in [-0.25, -0.2) is 0 Å². The van der Waals surface area contributed by atoms with Crippen LogP contribution in [-0.4, -0.2) is 41.1 Å². The Bertz CT molecular complexity index is 668. The molecule has 5 nitrogen and oxygen atoms in total. The van der Waals surface area contributed by atoms with Crippen LogP contribution < -0.4 is 0 Å². The molecule has 5 atom stereocenters. The summed E-state index contributed by atoms with van der Waals surface area (Å²) in [5.74, 6) is -0.768. The molecular formula is C19H22O5. The molecule has 5 heteroatoms. The quantitative estimate of drug-likeness (QED) is 0.922. The van der Waals surface area contributed by atoms with Gasteiger partial charge in [0.1, 0.15) is 18.3 Å². The van der Waals surface area contributed by atoms with Crippen molar-refractivity contribution in [3.8, 4) is 0 Å². The Kier molecular flexibility index (Phi) is 3.67. The number of fused-ring (bicyclic) bond motifs is 3. The largest absolute Gasteiger partial charge is 0.386 e. The predicted molar refractivity (Wildman–Crippen MR) is 86.9 cm³/mol. The lowest BCUT2D eigenvalue weighted by molar-refractivity contribution is -0.242. The molecule has 24 heavy (non-hydrogen) atoms. The van der Waals surface area contributed by atoms with Crippen LogP contribution in [0, 0.1) is 0 Å². The van der Waals surface area contributed by atoms with Crippen LogP contribution >= 0.6 is 0 Å². The van der Waals surface area contributed by atoms with Crippen LogP contribution in [0.2, 0.25) is 0 Å². The first-order chi connectivity index (χ1) is 11.4. The first-order valence-electron chi connectivity index (χ1n) is 8.17. The summed E-state index contributed by atoms with van der Waals surface area (Å²) < 4.78 is 24.2. The zero-order valence-electron chi connectivity index (χ0n) is 13.8. The summed E-state index contributed by atoms with van der Waals surface area (Å²) in [5.41, 5.74) is 0.786. The SMILES string of the molecule is C=C1C=C[C@@H](O)[C@H]2O[C@@H]3OC(C)(C)O[C@@H]3[C@@]12OCc1ccccc1. The second-order valence-electron chi connectivity index (χ2n) is 6.92. The van der Waals surface area contributed by atoms with Crippen LogP contribution in [0.5, 0.6) is 0 Å². The lowest BCUT2D eigenvalue weighted by Crippen LogP contribution is -2.57. The molecule has 2 saturated heterocycles. The fourth-order valence-electron chi connectivity index (χ4n) is 3.71. The molecule has 4 rings (SSSR count). The molecule has 0 saturated carbocycles. The molecule has 2 fully saturated rings. The predicted octanol–water partition coefficient (Wildman–Crippen LogP) is 2.31. The smallest absolute Gasteiger partial charge is 0.191 e. The van der Waals surface area contributed by atoms with Crippen molar-refractivity contribution in [3.05, 3.63) is 60.2 Å². The number of benzene rings is 1. The van der Waals surface area contributed by atoms with Crippen molar-refractivity contribution >= 4 is 0 Å². The van der Waals surface area contributed by atoms with E-state index in [4.69, 9.17) is 18.9 Å². The highest BCUT2D eigenvalue weighted by Gasteiger charge is 2.67. The summed E-state index contributed by atoms with van der Waals surface area (Å²) in [6, 6.07) is 9.87. The summed E-state index contributed by atoms with van der Waals surface area (Å²) >= 11 is 0. The molecule has 3 aliphatic rings. The maximum Gasteiger partial charge on any atom is 0.191 e. The third-order valence-electron chi connectivity index (χ3n) is 4.81. The molecule has 2 heterocycles. The van der Waals surface area contributed by atoms with Gasteiger partial charge in [-0.2, -0.15) is 0 Å². The van der Waals surface area contributed by atoms with E-state index in [9.17, 15) is 5.11 Å². The molecule has 0 bridgehead atoms. The maximum absolute atomic E-state index is 10.4. The minimum atomic E-state index is -0.970. The summed E-state index contributed by atoms with van der Waals surface area (Å²) in [7, 11) is 0. The van der Waals surface area contributed by atoms with E-state index in [-0.39, 0.29) is 0 Å². The van der Waals surface area contributed by atoms with Crippen LogP contribution in [0.15, 0.2) is 54.6 Å². The fourth-order valence-corrected chi connectivity index (χ4v) is 3.71. The average Bonchev–Trinajstić information content (AvgIpc) is 3.02. The van der Waals surface area contributed by atoms with Crippen LogP contribution in [0.1, 0.15) is 19.4 Å². The summed E-state index contributed by atoms with van der Waals surface area (Å²) in [4.78, 5) is 0. The summed E-state index contributed by atoms with van der Waals surface area (Å²) in [6.07, 6.45) is 0.980. The number of aliphatic hydroxyl groups excluding tert-OH is 1. The van der Waals surface area contributed by atoms with E-state index in [1.54, 1.807) is 12.2 Å². The Labute approximate surface area is 141 Å². The Morgan fingerprint density at radius 1 is 1.17 bits per heavy atom. The van der Waals surface area contributed by atoms with Gasteiger partial charge in [0.05, 0.1) is 6.61 Å². The van der Waals surface area contributed by atoms with Crippen molar-refractivity contribution in [3.63, 3.8) is 0 Å². The van der Waals surface area contributed by atoms with Gasteiger partial charge in [0, 0.05) is 0 Å². The van der Waals surface area contributed by atoms with Crippen LogP contribution in [0.4, 0.5) is 0 Å². The Morgan fingerprint density at radius 2 is 1.92 bits per heavy atom. The van der Waals surface area contributed by atoms with Gasteiger partial charge in [0.15, 0.2) is 17.7 Å². The minimum Gasteiger partial charge on any atom is -0.386 e. The van der Waals surface area contributed by atoms with E-state index < -0.39 is 36.0 Å². The molecule has 128 valence electrons. The third-order valence-corrected chi connectivity index (χ3v) is 4.81. The van der Waals surface area contributed by atoms with Crippen molar-refractivity contribution in [2.45, 2.75) is 56.4 Å². The number of hydrogen-bond acceptors (Lipinski definition) is 5. The normalized spacial score (nSPS) is 39.7. The van der Waals surface area contributed by atoms with Gasteiger partial charge in [-0.3, -0.25) is 0 Å². The lowest BCUT2D eigenvalue weighted by Gasteiger charge is -2.42. The van der Waals surface area contributed by atoms with Gasteiger partial charge in [-0.05, 0) is 25.0 Å². The molecule has 1 aromatic carbocycles. The second-order valence-corrected chi connectivity index (χ2v) is 6.92. The Balaban J connectivity index is 1.68. The van der Waals surface area contributed by atoms with Gasteiger partial charge in [-0.1, -0.05) is 49.1 Å². The zero-order valence-corrected chi connectivity index (χ0v) is 13.8. The number of aliphatic hydroxyl groups is 1. The van der Waals surface area contributed by atoms with E-state index in [1.807, 2.05) is 44.2 Å². The van der Waals surface area contributed by atoms with E-state index in [2.05, 4.69) is 6.58 Å². The van der Waals surface area contributed by atoms with E-state index in [0.717, 1.165) is 11.1 Å². The Hall–Kier alpha value is -1.50. The molecule has 0 unspecified atom stereocenters. The number of hydrogen-bond donors (Lipinski definition) is 1. The van der Waals surface area contributed by atoms with Crippen LogP contribution in [0.25, 0.3) is 0 Å². The van der Waals surface area contributed by atoms with Crippen molar-refractivity contribution in [1.82, 2.24) is 0 Å². The Morgan fingerprint density at radius 3 is 2.67 bits per heavy atom. The summed E-state index contributed by atoms with van der Waals surface area (Å²) in [6.45, 7) is 8.19. The molecule has 0 amide bonds. The highest BCUT2D eigenvalue weighted by molar-refractivity contribution is 5.39. The van der Waals surface area contributed by atoms with Gasteiger partial charge < -0.3 is 24.1 Å². The van der Waals surface area contributed by atoms with E-state index in [0.29, 0.717) is 6.61 Å². The molecule has 2 aliphatic heterocycles. The standard InChI is InChI=1S/C19H22O5/c1-12-9-10-14(20)15-19(12,21-11-13-7-5-4-6-8-13)16-17(22-15)24-18(2,3)23-16/h4-10,14-17,20H,1,11H2,2-3H3/t14-,15-,16+,17-,19-/m1/s1. The van der Waals surface area contributed by atoms with Crippen molar-refractivity contribution in [2.24, 2.45) is 0 Å². The lowest BCUT2D eigenvalue weighted by atomic mass is 9.78. The first-order valence-corrected chi connectivity index (χ1v) is 8.17. The summed E-state index contributed by atoms with van der Waals surface area (Å²) in [5, 5.41) is 10.4. The number of ether oxygens (including phenoxy) is 4. The van der Waals surface area contributed by atoms with Gasteiger partial charge in [0.25, 0.3) is 0 Å². The van der Waals surface area contributed by atoms with E-state index >= 15 is 0 Å².